The van der Waals surface area contributed by atoms with Crippen LogP contribution >= 0.6 is 15.9 Å². The summed E-state index contributed by atoms with van der Waals surface area (Å²) in [6, 6.07) is 3.92. The van der Waals surface area contributed by atoms with Gasteiger partial charge in [-0.05, 0) is 43.1 Å². The van der Waals surface area contributed by atoms with Crippen molar-refractivity contribution in [2.45, 2.75) is 31.7 Å². The van der Waals surface area contributed by atoms with Gasteiger partial charge in [-0.3, -0.25) is 0 Å². The second-order valence-electron chi connectivity index (χ2n) is 4.16. The quantitative estimate of drug-likeness (QED) is 0.779. The highest BCUT2D eigenvalue weighted by Gasteiger charge is 2.31. The van der Waals surface area contributed by atoms with E-state index in [2.05, 4.69) is 20.7 Å². The monoisotopic (exact) mass is 340 g/mol. The third kappa shape index (κ3) is 6.26. The third-order valence-electron chi connectivity index (χ3n) is 2.52. The minimum atomic E-state index is -4.71. The van der Waals surface area contributed by atoms with Crippen LogP contribution in [0.4, 0.5) is 13.2 Å². The molecule has 7 heteroatoms. The van der Waals surface area contributed by atoms with Gasteiger partial charge in [-0.25, -0.2) is 0 Å². The van der Waals surface area contributed by atoms with Crippen molar-refractivity contribution in [3.8, 4) is 5.75 Å². The number of ether oxygens (including phenoxy) is 1. The number of unbranched alkanes of at least 4 members (excludes halogenated alkanes) is 1. The Balaban J connectivity index is 2.78. The molecule has 0 aliphatic carbocycles. The number of rotatable bonds is 6. The number of benzene rings is 1. The molecule has 3 nitrogen and oxygen atoms in total. The van der Waals surface area contributed by atoms with E-state index in [1.807, 2.05) is 0 Å². The molecule has 0 saturated carbocycles. The zero-order chi connectivity index (χ0) is 14.5. The third-order valence-corrected chi connectivity index (χ3v) is 2.98. The number of alkyl halides is 3. The lowest BCUT2D eigenvalue weighted by Gasteiger charge is -2.15. The predicted molar refractivity (Wildman–Crippen MR) is 70.7 cm³/mol. The van der Waals surface area contributed by atoms with E-state index < -0.39 is 6.36 Å². The van der Waals surface area contributed by atoms with Gasteiger partial charge in [-0.15, -0.1) is 13.2 Å². The maximum absolute atomic E-state index is 12.2. The zero-order valence-corrected chi connectivity index (χ0v) is 11.8. The average Bonchev–Trinajstić information content (AvgIpc) is 2.26. The maximum atomic E-state index is 12.2. The van der Waals surface area contributed by atoms with Crippen molar-refractivity contribution >= 4 is 15.9 Å². The van der Waals surface area contributed by atoms with Crippen molar-refractivity contribution in [1.29, 1.82) is 0 Å². The Morgan fingerprint density at radius 1 is 1.21 bits per heavy atom. The van der Waals surface area contributed by atoms with Crippen LogP contribution in [0.3, 0.4) is 0 Å². The minimum Gasteiger partial charge on any atom is -0.406 e. The number of hydrogen-bond donors (Lipinski definition) is 2. The van der Waals surface area contributed by atoms with Crippen LogP contribution in [-0.4, -0.2) is 12.9 Å². The van der Waals surface area contributed by atoms with Crippen LogP contribution in [0.2, 0.25) is 0 Å². The fraction of sp³-hybridized carbons (Fsp3) is 0.500. The van der Waals surface area contributed by atoms with Gasteiger partial charge in [0.05, 0.1) is 0 Å². The fourth-order valence-electron chi connectivity index (χ4n) is 1.67. The van der Waals surface area contributed by atoms with Crippen LogP contribution < -0.4 is 16.2 Å². The lowest BCUT2D eigenvalue weighted by atomic mass is 10.0. The molecule has 0 amide bonds. The van der Waals surface area contributed by atoms with Crippen LogP contribution in [0.1, 0.15) is 30.9 Å². The Hall–Kier alpha value is -0.790. The molecule has 0 fully saturated rings. The van der Waals surface area contributed by atoms with Crippen LogP contribution in [-0.2, 0) is 0 Å². The lowest BCUT2D eigenvalue weighted by Crippen LogP contribution is -2.18. The molecule has 1 rings (SSSR count). The van der Waals surface area contributed by atoms with E-state index in [-0.39, 0.29) is 11.8 Å². The molecular formula is C12H16BrF3N2O. The molecule has 0 heterocycles. The summed E-state index contributed by atoms with van der Waals surface area (Å²) in [6.45, 7) is 0.577. The van der Waals surface area contributed by atoms with Gasteiger partial charge in [0.25, 0.3) is 0 Å². The lowest BCUT2D eigenvalue weighted by molar-refractivity contribution is -0.274. The van der Waals surface area contributed by atoms with E-state index >= 15 is 0 Å². The Morgan fingerprint density at radius 3 is 2.47 bits per heavy atom. The Morgan fingerprint density at radius 2 is 1.89 bits per heavy atom. The fourth-order valence-corrected chi connectivity index (χ4v) is 2.16. The van der Waals surface area contributed by atoms with Crippen LogP contribution in [0, 0.1) is 0 Å². The average molecular weight is 341 g/mol. The Kier molecular flexibility index (Phi) is 6.09. The highest BCUT2D eigenvalue weighted by atomic mass is 79.9. The van der Waals surface area contributed by atoms with E-state index in [0.717, 1.165) is 12.8 Å². The highest BCUT2D eigenvalue weighted by Crippen LogP contribution is 2.30. The topological polar surface area (TPSA) is 61.3 Å². The normalized spacial score (nSPS) is 13.4. The summed E-state index contributed by atoms with van der Waals surface area (Å²) in [5.41, 5.74) is 11.9. The summed E-state index contributed by atoms with van der Waals surface area (Å²) in [4.78, 5) is 0. The molecule has 1 aromatic carbocycles. The van der Waals surface area contributed by atoms with E-state index in [0.29, 0.717) is 23.0 Å². The van der Waals surface area contributed by atoms with Crippen LogP contribution in [0.15, 0.2) is 22.7 Å². The molecule has 0 saturated heterocycles. The highest BCUT2D eigenvalue weighted by molar-refractivity contribution is 9.10. The Labute approximate surface area is 118 Å². The van der Waals surface area contributed by atoms with Crippen molar-refractivity contribution in [3.05, 3.63) is 28.2 Å². The van der Waals surface area contributed by atoms with Gasteiger partial charge in [-0.1, -0.05) is 22.4 Å². The molecule has 0 radical (unpaired) electrons. The zero-order valence-electron chi connectivity index (χ0n) is 10.2. The molecule has 0 aromatic heterocycles. The van der Waals surface area contributed by atoms with Gasteiger partial charge >= 0.3 is 6.36 Å². The molecule has 4 N–H and O–H groups in total. The van der Waals surface area contributed by atoms with Gasteiger partial charge < -0.3 is 16.2 Å². The van der Waals surface area contributed by atoms with Crippen molar-refractivity contribution in [1.82, 2.24) is 0 Å². The molecule has 0 unspecified atom stereocenters. The largest absolute Gasteiger partial charge is 0.573 e. The van der Waals surface area contributed by atoms with Gasteiger partial charge in [-0.2, -0.15) is 0 Å². The van der Waals surface area contributed by atoms with Gasteiger partial charge in [0.1, 0.15) is 5.75 Å². The van der Waals surface area contributed by atoms with Crippen molar-refractivity contribution in [2.24, 2.45) is 11.5 Å². The molecule has 0 spiro atoms. The molecule has 19 heavy (non-hydrogen) atoms. The summed E-state index contributed by atoms with van der Waals surface area (Å²) < 4.78 is 40.9. The van der Waals surface area contributed by atoms with Crippen LogP contribution in [0.25, 0.3) is 0 Å². The van der Waals surface area contributed by atoms with E-state index in [9.17, 15) is 13.2 Å². The summed E-state index contributed by atoms with van der Waals surface area (Å²) in [5.74, 6) is -0.272. The molecule has 1 aromatic rings. The first-order chi connectivity index (χ1) is 8.81. The first-order valence-electron chi connectivity index (χ1n) is 5.83. The molecule has 0 bridgehead atoms. The maximum Gasteiger partial charge on any atom is 0.573 e. The van der Waals surface area contributed by atoms with E-state index in [1.165, 1.54) is 12.1 Å². The second-order valence-corrected chi connectivity index (χ2v) is 5.07. The second kappa shape index (κ2) is 7.12. The summed E-state index contributed by atoms with van der Waals surface area (Å²) in [7, 11) is 0. The van der Waals surface area contributed by atoms with Gasteiger partial charge in [0, 0.05) is 10.5 Å². The minimum absolute atomic E-state index is 0.272. The van der Waals surface area contributed by atoms with Gasteiger partial charge in [0.2, 0.25) is 0 Å². The van der Waals surface area contributed by atoms with Crippen molar-refractivity contribution in [2.75, 3.05) is 6.54 Å². The van der Waals surface area contributed by atoms with Gasteiger partial charge in [0.15, 0.2) is 0 Å². The predicted octanol–water partition coefficient (Wildman–Crippen LogP) is 3.48. The molecule has 1 atom stereocenters. The number of nitrogens with two attached hydrogens (primary N) is 2. The summed E-state index contributed by atoms with van der Waals surface area (Å²) in [5, 5.41) is 0. The summed E-state index contributed by atoms with van der Waals surface area (Å²) >= 11 is 3.15. The molecule has 108 valence electrons. The van der Waals surface area contributed by atoms with E-state index in [4.69, 9.17) is 11.5 Å². The van der Waals surface area contributed by atoms with Crippen molar-refractivity contribution in [3.63, 3.8) is 0 Å². The smallest absolute Gasteiger partial charge is 0.406 e. The SMILES string of the molecule is NCCCC[C@H](N)c1cc(Br)cc(OC(F)(F)F)c1. The van der Waals surface area contributed by atoms with E-state index in [1.54, 1.807) is 6.07 Å². The number of halogens is 4. The van der Waals surface area contributed by atoms with Crippen molar-refractivity contribution < 1.29 is 17.9 Å². The Bertz CT molecular complexity index is 412. The number of hydrogen-bond acceptors (Lipinski definition) is 3. The molecular weight excluding hydrogens is 325 g/mol. The summed E-state index contributed by atoms with van der Waals surface area (Å²) in [6.07, 6.45) is -2.37. The first-order valence-corrected chi connectivity index (χ1v) is 6.63. The molecule has 0 aliphatic rings. The molecule has 0 aliphatic heterocycles. The first kappa shape index (κ1) is 16.3. The van der Waals surface area contributed by atoms with Crippen LogP contribution in [0.5, 0.6) is 5.75 Å². The standard InChI is InChI=1S/C12H16BrF3N2O/c13-9-5-8(11(18)3-1-2-4-17)6-10(7-9)19-12(14,15)16/h5-7,11H,1-4,17-18H2/t11-/m0/s1.